The topological polar surface area (TPSA) is 141 Å². The molecule has 1 aromatic heterocycles. The van der Waals surface area contributed by atoms with Gasteiger partial charge in [0.15, 0.2) is 5.69 Å². The van der Waals surface area contributed by atoms with Gasteiger partial charge in [-0.05, 0) is 52.5 Å². The van der Waals surface area contributed by atoms with E-state index < -0.39 is 29.6 Å². The number of primary amides is 1. The van der Waals surface area contributed by atoms with E-state index in [0.29, 0.717) is 11.3 Å². The minimum atomic E-state index is -1.17. The molecule has 4 rings (SSSR count). The average molecular weight is 548 g/mol. The predicted octanol–water partition coefficient (Wildman–Crippen LogP) is 3.67. The number of ether oxygens (including phenoxy) is 1. The Balaban J connectivity index is 1.74. The van der Waals surface area contributed by atoms with Crippen molar-refractivity contribution in [2.45, 2.75) is 19.1 Å². The Morgan fingerprint density at radius 1 is 1.00 bits per heavy atom. The highest BCUT2D eigenvalue weighted by molar-refractivity contribution is 7.09. The van der Waals surface area contributed by atoms with E-state index in [1.807, 2.05) is 30.3 Å². The minimum absolute atomic E-state index is 0.0148. The van der Waals surface area contributed by atoms with Gasteiger partial charge in [-0.3, -0.25) is 14.4 Å². The number of aromatic nitrogens is 1. The Kier molecular flexibility index (Phi) is 8.52. The molecule has 0 aliphatic rings. The highest BCUT2D eigenvalue weighted by Gasteiger charge is 2.35. The molecule has 5 N–H and O–H groups in total. The van der Waals surface area contributed by atoms with Gasteiger partial charge in [-0.2, -0.15) is 4.37 Å². The molecule has 3 amide bonds. The Hall–Kier alpha value is -4.77. The van der Waals surface area contributed by atoms with Crippen LogP contribution in [0.1, 0.15) is 42.9 Å². The summed E-state index contributed by atoms with van der Waals surface area (Å²) in [4.78, 5) is 40.7. The van der Waals surface area contributed by atoms with Gasteiger partial charge in [0.2, 0.25) is 5.91 Å². The molecule has 0 radical (unpaired) electrons. The van der Waals surface area contributed by atoms with Crippen molar-refractivity contribution in [3.8, 4) is 5.75 Å². The fourth-order valence-electron chi connectivity index (χ4n) is 3.97. The first-order chi connectivity index (χ1) is 18.8. The fourth-order valence-corrected chi connectivity index (χ4v) is 4.73. The van der Waals surface area contributed by atoms with Crippen molar-refractivity contribution in [2.24, 2.45) is 5.73 Å². The summed E-state index contributed by atoms with van der Waals surface area (Å²) in [7, 11) is 1.56. The van der Waals surface area contributed by atoms with E-state index in [0.717, 1.165) is 22.7 Å². The van der Waals surface area contributed by atoms with Crippen molar-refractivity contribution in [1.82, 2.24) is 14.6 Å². The molecule has 3 aromatic carbocycles. The molecule has 0 spiro atoms. The molecule has 1 heterocycles. The number of nitrogens with two attached hydrogens (primary N) is 2. The Morgan fingerprint density at radius 3 is 2.26 bits per heavy atom. The first-order valence-corrected chi connectivity index (χ1v) is 12.6. The third kappa shape index (κ3) is 6.39. The average Bonchev–Trinajstić information content (AvgIpc) is 3.34. The van der Waals surface area contributed by atoms with Crippen molar-refractivity contribution in [3.05, 3.63) is 112 Å². The van der Waals surface area contributed by atoms with Crippen LogP contribution in [0.4, 0.5) is 10.1 Å². The summed E-state index contributed by atoms with van der Waals surface area (Å²) in [5.41, 5.74) is 13.0. The number of nitrogens with one attached hydrogen (secondary N) is 1. The first kappa shape index (κ1) is 27.3. The summed E-state index contributed by atoms with van der Waals surface area (Å²) >= 11 is 0.721. The standard InChI is InChI=1S/C28H26FN5O4S/c1-38-21-13-7-17(8-14-21)15-32-27(36)24(19-9-11-20(29)12-10-19)34(16-18-5-3-2-4-6-18)28(37)25-22(30)23(26(31)35)33-39-25/h2-14,24H,15-16,30H2,1H3,(H2,31,35)(H,32,36). The molecule has 0 bridgehead atoms. The zero-order valence-corrected chi connectivity index (χ0v) is 21.8. The summed E-state index contributed by atoms with van der Waals surface area (Å²) in [6, 6.07) is 20.4. The second-order valence-corrected chi connectivity index (χ2v) is 9.35. The summed E-state index contributed by atoms with van der Waals surface area (Å²) in [6.45, 7) is 0.184. The van der Waals surface area contributed by atoms with E-state index >= 15 is 0 Å². The second kappa shape index (κ2) is 12.2. The molecule has 4 aromatic rings. The monoisotopic (exact) mass is 547 g/mol. The van der Waals surface area contributed by atoms with Crippen molar-refractivity contribution in [1.29, 1.82) is 0 Å². The number of methoxy groups -OCH3 is 1. The Labute approximate surface area is 228 Å². The van der Waals surface area contributed by atoms with E-state index in [1.165, 1.54) is 29.2 Å². The van der Waals surface area contributed by atoms with Crippen LogP contribution in [0.5, 0.6) is 5.75 Å². The van der Waals surface area contributed by atoms with E-state index in [4.69, 9.17) is 16.2 Å². The number of anilines is 1. The molecule has 39 heavy (non-hydrogen) atoms. The lowest BCUT2D eigenvalue weighted by atomic mass is 10.0. The maximum Gasteiger partial charge on any atom is 0.270 e. The molecule has 0 aliphatic heterocycles. The highest BCUT2D eigenvalue weighted by Crippen LogP contribution is 2.30. The molecule has 0 saturated heterocycles. The SMILES string of the molecule is COc1ccc(CNC(=O)C(c2ccc(F)cc2)N(Cc2ccccc2)C(=O)c2snc(C(N)=O)c2N)cc1. The molecule has 11 heteroatoms. The highest BCUT2D eigenvalue weighted by atomic mass is 32.1. The number of nitrogen functional groups attached to an aromatic ring is 1. The number of carbonyl (C=O) groups is 3. The summed E-state index contributed by atoms with van der Waals surface area (Å²) < 4.78 is 22.9. The van der Waals surface area contributed by atoms with Gasteiger partial charge < -0.3 is 26.4 Å². The maximum absolute atomic E-state index is 13.9. The molecule has 0 aliphatic carbocycles. The van der Waals surface area contributed by atoms with E-state index in [2.05, 4.69) is 9.69 Å². The molecule has 1 unspecified atom stereocenters. The van der Waals surface area contributed by atoms with Gasteiger partial charge in [0.05, 0.1) is 12.8 Å². The maximum atomic E-state index is 13.9. The predicted molar refractivity (Wildman–Crippen MR) is 145 cm³/mol. The van der Waals surface area contributed by atoms with Gasteiger partial charge in [-0.15, -0.1) is 0 Å². The summed E-state index contributed by atoms with van der Waals surface area (Å²) in [5.74, 6) is -1.82. The van der Waals surface area contributed by atoms with Crippen LogP contribution < -0.4 is 21.5 Å². The van der Waals surface area contributed by atoms with Crippen LogP contribution in [0.3, 0.4) is 0 Å². The fraction of sp³-hybridized carbons (Fsp3) is 0.143. The van der Waals surface area contributed by atoms with Crippen LogP contribution in [0, 0.1) is 5.82 Å². The Morgan fingerprint density at radius 2 is 1.67 bits per heavy atom. The lowest BCUT2D eigenvalue weighted by molar-refractivity contribution is -0.126. The van der Waals surface area contributed by atoms with Crippen LogP contribution >= 0.6 is 11.5 Å². The van der Waals surface area contributed by atoms with Crippen molar-refractivity contribution in [2.75, 3.05) is 12.8 Å². The third-order valence-corrected chi connectivity index (χ3v) is 6.83. The molecular formula is C28H26FN5O4S. The number of amides is 3. The van der Waals surface area contributed by atoms with Gasteiger partial charge in [0.1, 0.15) is 22.5 Å². The normalized spacial score (nSPS) is 11.4. The number of nitrogens with zero attached hydrogens (tertiary/aromatic N) is 2. The molecule has 9 nitrogen and oxygen atoms in total. The zero-order chi connectivity index (χ0) is 27.9. The van der Waals surface area contributed by atoms with Crippen LogP contribution in [-0.2, 0) is 17.9 Å². The molecule has 200 valence electrons. The van der Waals surface area contributed by atoms with Crippen molar-refractivity contribution in [3.63, 3.8) is 0 Å². The number of carbonyl (C=O) groups excluding carboxylic acids is 3. The number of hydrogen-bond donors (Lipinski definition) is 3. The second-order valence-electron chi connectivity index (χ2n) is 8.58. The van der Waals surface area contributed by atoms with Gasteiger partial charge in [0, 0.05) is 13.1 Å². The minimum Gasteiger partial charge on any atom is -0.497 e. The van der Waals surface area contributed by atoms with Crippen LogP contribution in [0.2, 0.25) is 0 Å². The molecule has 0 saturated carbocycles. The number of rotatable bonds is 10. The van der Waals surface area contributed by atoms with Gasteiger partial charge >= 0.3 is 0 Å². The van der Waals surface area contributed by atoms with E-state index in [9.17, 15) is 18.8 Å². The van der Waals surface area contributed by atoms with E-state index in [-0.39, 0.29) is 29.3 Å². The molecule has 0 fully saturated rings. The van der Waals surface area contributed by atoms with Gasteiger partial charge in [-0.1, -0.05) is 54.6 Å². The van der Waals surface area contributed by atoms with Crippen molar-refractivity contribution >= 4 is 34.9 Å². The van der Waals surface area contributed by atoms with Crippen LogP contribution in [0.15, 0.2) is 78.9 Å². The third-order valence-electron chi connectivity index (χ3n) is 5.98. The van der Waals surface area contributed by atoms with Crippen LogP contribution in [-0.4, -0.2) is 34.1 Å². The summed E-state index contributed by atoms with van der Waals surface area (Å²) in [5, 5.41) is 2.88. The van der Waals surface area contributed by atoms with Crippen molar-refractivity contribution < 1.29 is 23.5 Å². The quantitative estimate of drug-likeness (QED) is 0.277. The number of halogens is 1. The Bertz CT molecular complexity index is 1460. The number of hydrogen-bond acceptors (Lipinski definition) is 7. The first-order valence-electron chi connectivity index (χ1n) is 11.8. The van der Waals surface area contributed by atoms with Crippen LogP contribution in [0.25, 0.3) is 0 Å². The van der Waals surface area contributed by atoms with E-state index in [1.54, 1.807) is 31.4 Å². The lowest BCUT2D eigenvalue weighted by Crippen LogP contribution is -2.43. The van der Waals surface area contributed by atoms with Gasteiger partial charge in [-0.25, -0.2) is 4.39 Å². The van der Waals surface area contributed by atoms with Gasteiger partial charge in [0.25, 0.3) is 11.8 Å². The smallest absolute Gasteiger partial charge is 0.270 e. The molecule has 1 atom stereocenters. The lowest BCUT2D eigenvalue weighted by Gasteiger charge is -2.31. The largest absolute Gasteiger partial charge is 0.497 e. The number of benzene rings is 3. The summed E-state index contributed by atoms with van der Waals surface area (Å²) in [6.07, 6.45) is 0. The zero-order valence-electron chi connectivity index (χ0n) is 21.0. The molecular weight excluding hydrogens is 521 g/mol.